The molecule has 1 saturated heterocycles. The van der Waals surface area contributed by atoms with Crippen LogP contribution < -0.4 is 15.5 Å². The average Bonchev–Trinajstić information content (AvgIpc) is 3.24. The first-order valence-electron chi connectivity index (χ1n) is 12.8. The van der Waals surface area contributed by atoms with Crippen LogP contribution in [0.5, 0.6) is 0 Å². The number of carbonyl (C=O) groups is 1. The summed E-state index contributed by atoms with van der Waals surface area (Å²) in [5, 5.41) is 6.47. The zero-order valence-electron chi connectivity index (χ0n) is 20.6. The minimum atomic E-state index is -0.00491. The molecule has 180 valence electrons. The fourth-order valence-electron chi connectivity index (χ4n) is 5.57. The molecule has 1 amide bonds. The predicted molar refractivity (Wildman–Crippen MR) is 137 cm³/mol. The molecule has 3 aliphatic rings. The van der Waals surface area contributed by atoms with Gasteiger partial charge in [-0.1, -0.05) is 31.4 Å². The maximum atomic E-state index is 13.1. The molecule has 7 nitrogen and oxygen atoms in total. The third kappa shape index (κ3) is 4.65. The van der Waals surface area contributed by atoms with E-state index in [4.69, 9.17) is 9.97 Å². The molecule has 1 aliphatic carbocycles. The third-order valence-electron chi connectivity index (χ3n) is 7.71. The molecule has 3 heterocycles. The van der Waals surface area contributed by atoms with Gasteiger partial charge >= 0.3 is 0 Å². The van der Waals surface area contributed by atoms with Crippen LogP contribution in [0.25, 0.3) is 11.3 Å². The lowest BCUT2D eigenvalue weighted by Crippen LogP contribution is -2.49. The highest BCUT2D eigenvalue weighted by Crippen LogP contribution is 2.32. The molecule has 0 radical (unpaired) electrons. The monoisotopic (exact) mass is 460 g/mol. The Labute approximate surface area is 202 Å². The molecule has 2 aromatic rings. The van der Waals surface area contributed by atoms with E-state index < -0.39 is 0 Å². The van der Waals surface area contributed by atoms with Gasteiger partial charge in [0.1, 0.15) is 5.82 Å². The number of carbonyl (C=O) groups excluding carboxylic acids is 1. The number of fused-ring (bicyclic) bond motifs is 1. The number of nitrogens with one attached hydrogen (secondary N) is 2. The second-order valence-corrected chi connectivity index (χ2v) is 10.1. The van der Waals surface area contributed by atoms with Gasteiger partial charge in [0.05, 0.1) is 18.2 Å². The average molecular weight is 461 g/mol. The predicted octanol–water partition coefficient (Wildman–Crippen LogP) is 4.56. The van der Waals surface area contributed by atoms with Crippen molar-refractivity contribution in [3.05, 3.63) is 35.4 Å². The maximum Gasteiger partial charge on any atom is 0.225 e. The molecular formula is C27H36N6O. The Hall–Kier alpha value is -2.96. The highest BCUT2D eigenvalue weighted by Gasteiger charge is 2.32. The van der Waals surface area contributed by atoms with E-state index in [2.05, 4.69) is 58.6 Å². The van der Waals surface area contributed by atoms with Crippen molar-refractivity contribution >= 4 is 23.4 Å². The number of amides is 1. The van der Waals surface area contributed by atoms with E-state index in [9.17, 15) is 4.79 Å². The van der Waals surface area contributed by atoms with Crippen LogP contribution in [-0.2, 0) is 11.3 Å². The summed E-state index contributed by atoms with van der Waals surface area (Å²) < 4.78 is 0. The van der Waals surface area contributed by atoms with Crippen LogP contribution in [0.3, 0.4) is 0 Å². The van der Waals surface area contributed by atoms with Gasteiger partial charge in [-0.15, -0.1) is 0 Å². The topological polar surface area (TPSA) is 82.5 Å². The summed E-state index contributed by atoms with van der Waals surface area (Å²) in [6, 6.07) is 9.20. The molecule has 0 unspecified atom stereocenters. The number of hydrogen-bond acceptors (Lipinski definition) is 6. The standard InChI is InChI=1S/C27H36N6O/c1-17-9-10-20(26(34)30-22-7-5-4-6-8-22)16-33(17)25-14-24(31-27(28-3)32-25)19-11-12-23-18(2)29-15-21(23)13-19/h11-14,17,20,22H,4-10,15-16H2,1-3H3,(H,30,34)(H,28,31,32)/t17-,20+/m1/s1. The summed E-state index contributed by atoms with van der Waals surface area (Å²) in [6.45, 7) is 5.71. The van der Waals surface area contributed by atoms with E-state index in [-0.39, 0.29) is 11.8 Å². The normalized spacial score (nSPS) is 22.8. The van der Waals surface area contributed by atoms with Gasteiger partial charge in [-0.3, -0.25) is 9.79 Å². The fraction of sp³-hybridized carbons (Fsp3) is 0.556. The number of aromatic nitrogens is 2. The Balaban J connectivity index is 1.38. The molecule has 1 aromatic heterocycles. The number of benzene rings is 1. The van der Waals surface area contributed by atoms with Gasteiger partial charge in [0, 0.05) is 48.6 Å². The first-order valence-corrected chi connectivity index (χ1v) is 12.8. The molecule has 2 atom stereocenters. The Morgan fingerprint density at radius 1 is 1.06 bits per heavy atom. The van der Waals surface area contributed by atoms with Crippen molar-refractivity contribution in [3.63, 3.8) is 0 Å². The molecule has 0 bridgehead atoms. The van der Waals surface area contributed by atoms with Crippen LogP contribution in [0.2, 0.25) is 0 Å². The fourth-order valence-corrected chi connectivity index (χ4v) is 5.57. The molecule has 0 spiro atoms. The van der Waals surface area contributed by atoms with Crippen molar-refractivity contribution in [3.8, 4) is 11.3 Å². The zero-order valence-corrected chi connectivity index (χ0v) is 20.6. The van der Waals surface area contributed by atoms with Crippen LogP contribution in [0, 0.1) is 5.92 Å². The van der Waals surface area contributed by atoms with E-state index in [1.165, 1.54) is 30.4 Å². The lowest BCUT2D eigenvalue weighted by Gasteiger charge is -2.39. The second-order valence-electron chi connectivity index (χ2n) is 10.1. The van der Waals surface area contributed by atoms with E-state index in [1.54, 1.807) is 0 Å². The van der Waals surface area contributed by atoms with Crippen LogP contribution >= 0.6 is 0 Å². The molecular weight excluding hydrogens is 424 g/mol. The van der Waals surface area contributed by atoms with Gasteiger partial charge in [0.15, 0.2) is 0 Å². The van der Waals surface area contributed by atoms with Gasteiger partial charge in [0.25, 0.3) is 0 Å². The van der Waals surface area contributed by atoms with Crippen molar-refractivity contribution in [2.45, 2.75) is 77.4 Å². The summed E-state index contributed by atoms with van der Waals surface area (Å²) in [6.07, 6.45) is 7.88. The number of hydrogen-bond donors (Lipinski definition) is 2. The van der Waals surface area contributed by atoms with Gasteiger partial charge in [0.2, 0.25) is 11.9 Å². The van der Waals surface area contributed by atoms with Crippen LogP contribution in [0.4, 0.5) is 11.8 Å². The molecule has 1 saturated carbocycles. The molecule has 2 fully saturated rings. The number of anilines is 2. The lowest BCUT2D eigenvalue weighted by atomic mass is 9.90. The van der Waals surface area contributed by atoms with Gasteiger partial charge in [-0.25, -0.2) is 4.98 Å². The number of aliphatic imine (C=N–C) groups is 1. The maximum absolute atomic E-state index is 13.1. The van der Waals surface area contributed by atoms with E-state index in [1.807, 2.05) is 7.05 Å². The number of rotatable bonds is 5. The zero-order chi connectivity index (χ0) is 23.7. The first kappa shape index (κ1) is 22.8. The Morgan fingerprint density at radius 3 is 2.68 bits per heavy atom. The minimum Gasteiger partial charge on any atom is -0.357 e. The summed E-state index contributed by atoms with van der Waals surface area (Å²) in [5.41, 5.74) is 5.53. The quantitative estimate of drug-likeness (QED) is 0.683. The first-order chi connectivity index (χ1) is 16.5. The van der Waals surface area contributed by atoms with Gasteiger partial charge in [-0.2, -0.15) is 4.98 Å². The summed E-state index contributed by atoms with van der Waals surface area (Å²) in [7, 11) is 1.85. The van der Waals surface area contributed by atoms with Crippen molar-refractivity contribution in [1.29, 1.82) is 0 Å². The molecule has 5 rings (SSSR count). The van der Waals surface area contributed by atoms with Crippen LogP contribution in [0.1, 0.15) is 69.9 Å². The van der Waals surface area contributed by atoms with Crippen molar-refractivity contribution in [2.75, 3.05) is 23.8 Å². The molecule has 1 aromatic carbocycles. The number of piperidine rings is 1. The summed E-state index contributed by atoms with van der Waals surface area (Å²) in [5.74, 6) is 1.68. The van der Waals surface area contributed by atoms with Crippen molar-refractivity contribution < 1.29 is 4.79 Å². The highest BCUT2D eigenvalue weighted by molar-refractivity contribution is 6.02. The largest absolute Gasteiger partial charge is 0.357 e. The van der Waals surface area contributed by atoms with Gasteiger partial charge < -0.3 is 15.5 Å². The minimum absolute atomic E-state index is 0.00491. The SMILES string of the molecule is CNc1nc(-c2ccc3c(c2)CN=C3C)cc(N2C[C@@H](C(=O)NC3CCCCC3)CC[C@H]2C)n1. The van der Waals surface area contributed by atoms with Crippen molar-refractivity contribution in [2.24, 2.45) is 10.9 Å². The molecule has 34 heavy (non-hydrogen) atoms. The Kier molecular flexibility index (Phi) is 6.53. The highest BCUT2D eigenvalue weighted by atomic mass is 16.2. The Bertz CT molecular complexity index is 1090. The summed E-state index contributed by atoms with van der Waals surface area (Å²) in [4.78, 5) is 29.5. The van der Waals surface area contributed by atoms with E-state index >= 15 is 0 Å². The second kappa shape index (κ2) is 9.72. The van der Waals surface area contributed by atoms with E-state index in [0.717, 1.165) is 55.0 Å². The smallest absolute Gasteiger partial charge is 0.225 e. The van der Waals surface area contributed by atoms with Crippen molar-refractivity contribution in [1.82, 2.24) is 15.3 Å². The van der Waals surface area contributed by atoms with Gasteiger partial charge in [-0.05, 0) is 51.2 Å². The number of nitrogens with zero attached hydrogens (tertiary/aromatic N) is 4. The van der Waals surface area contributed by atoms with Crippen LogP contribution in [-0.4, -0.2) is 47.3 Å². The van der Waals surface area contributed by atoms with Crippen LogP contribution in [0.15, 0.2) is 29.3 Å². The third-order valence-corrected chi connectivity index (χ3v) is 7.71. The Morgan fingerprint density at radius 2 is 1.88 bits per heavy atom. The molecule has 2 N–H and O–H groups in total. The lowest BCUT2D eigenvalue weighted by molar-refractivity contribution is -0.126. The molecule has 2 aliphatic heterocycles. The molecule has 7 heteroatoms. The van der Waals surface area contributed by atoms with E-state index in [0.29, 0.717) is 24.6 Å². The summed E-state index contributed by atoms with van der Waals surface area (Å²) >= 11 is 0.